The summed E-state index contributed by atoms with van der Waals surface area (Å²) in [5.74, 6) is 0.778. The average Bonchev–Trinajstić information content (AvgIpc) is 2.47. The van der Waals surface area contributed by atoms with Crippen molar-refractivity contribution in [2.24, 2.45) is 0 Å². The van der Waals surface area contributed by atoms with Crippen molar-refractivity contribution in [3.8, 4) is 0 Å². The van der Waals surface area contributed by atoms with Crippen LogP contribution in [0.4, 0.5) is 5.69 Å². The van der Waals surface area contributed by atoms with Gasteiger partial charge in [0.05, 0.1) is 0 Å². The summed E-state index contributed by atoms with van der Waals surface area (Å²) in [4.78, 5) is 0. The minimum absolute atomic E-state index is 0.618. The van der Waals surface area contributed by atoms with Crippen LogP contribution in [0.15, 0.2) is 24.3 Å². The first kappa shape index (κ1) is 10.8. The second kappa shape index (κ2) is 5.41. The molecule has 0 bridgehead atoms. The predicted octanol–water partition coefficient (Wildman–Crippen LogP) is 3.82. The van der Waals surface area contributed by atoms with Crippen LogP contribution in [0.1, 0.15) is 31.2 Å². The van der Waals surface area contributed by atoms with Crippen LogP contribution >= 0.6 is 11.6 Å². The SMILES string of the molecule is ClCCCC1CCCc2ccccc2N1. The molecule has 2 rings (SSSR count). The van der Waals surface area contributed by atoms with E-state index in [1.807, 2.05) is 0 Å². The van der Waals surface area contributed by atoms with E-state index in [1.165, 1.54) is 36.9 Å². The number of aryl methyl sites for hydroxylation is 1. The van der Waals surface area contributed by atoms with Gasteiger partial charge in [-0.3, -0.25) is 0 Å². The zero-order valence-corrected chi connectivity index (χ0v) is 9.76. The molecule has 1 unspecified atom stereocenters. The lowest BCUT2D eigenvalue weighted by atomic mass is 10.1. The van der Waals surface area contributed by atoms with E-state index in [0.717, 1.165) is 12.3 Å². The second-order valence-corrected chi connectivity index (χ2v) is 4.60. The minimum Gasteiger partial charge on any atom is -0.382 e. The highest BCUT2D eigenvalue weighted by molar-refractivity contribution is 6.17. The summed E-state index contributed by atoms with van der Waals surface area (Å²) in [5, 5.41) is 3.64. The molecule has 0 saturated carbocycles. The molecule has 1 aliphatic rings. The van der Waals surface area contributed by atoms with E-state index in [9.17, 15) is 0 Å². The quantitative estimate of drug-likeness (QED) is 0.769. The van der Waals surface area contributed by atoms with Crippen molar-refractivity contribution in [3.05, 3.63) is 29.8 Å². The van der Waals surface area contributed by atoms with Gasteiger partial charge < -0.3 is 5.32 Å². The summed E-state index contributed by atoms with van der Waals surface area (Å²) in [6.07, 6.45) is 6.07. The Morgan fingerprint density at radius 3 is 3.07 bits per heavy atom. The van der Waals surface area contributed by atoms with E-state index in [4.69, 9.17) is 11.6 Å². The maximum absolute atomic E-state index is 5.73. The molecule has 0 saturated heterocycles. The van der Waals surface area contributed by atoms with Gasteiger partial charge in [-0.15, -0.1) is 11.6 Å². The standard InChI is InChI=1S/C13H18ClN/c14-10-4-8-12-7-3-6-11-5-1-2-9-13(11)15-12/h1-2,5,9,12,15H,3-4,6-8,10H2. The number of anilines is 1. The lowest BCUT2D eigenvalue weighted by Gasteiger charge is -2.17. The van der Waals surface area contributed by atoms with Crippen molar-refractivity contribution < 1.29 is 0 Å². The summed E-state index contributed by atoms with van der Waals surface area (Å²) in [7, 11) is 0. The van der Waals surface area contributed by atoms with Gasteiger partial charge >= 0.3 is 0 Å². The number of alkyl halides is 1. The number of halogens is 1. The number of benzene rings is 1. The number of hydrogen-bond donors (Lipinski definition) is 1. The van der Waals surface area contributed by atoms with E-state index in [1.54, 1.807) is 0 Å². The van der Waals surface area contributed by atoms with Crippen LogP contribution in [0.5, 0.6) is 0 Å². The predicted molar refractivity (Wildman–Crippen MR) is 66.7 cm³/mol. The fraction of sp³-hybridized carbons (Fsp3) is 0.538. The van der Waals surface area contributed by atoms with Gasteiger partial charge in [0.1, 0.15) is 0 Å². The van der Waals surface area contributed by atoms with Crippen molar-refractivity contribution >= 4 is 17.3 Å². The van der Waals surface area contributed by atoms with E-state index >= 15 is 0 Å². The zero-order chi connectivity index (χ0) is 10.5. The number of nitrogens with one attached hydrogen (secondary N) is 1. The number of para-hydroxylation sites is 1. The third kappa shape index (κ3) is 2.88. The van der Waals surface area contributed by atoms with Crippen LogP contribution in [-0.2, 0) is 6.42 Å². The Hall–Kier alpha value is -0.690. The van der Waals surface area contributed by atoms with Crippen molar-refractivity contribution in [1.29, 1.82) is 0 Å². The van der Waals surface area contributed by atoms with Crippen molar-refractivity contribution in [2.75, 3.05) is 11.2 Å². The van der Waals surface area contributed by atoms with Crippen molar-refractivity contribution in [2.45, 2.75) is 38.1 Å². The van der Waals surface area contributed by atoms with E-state index in [-0.39, 0.29) is 0 Å². The van der Waals surface area contributed by atoms with Gasteiger partial charge in [0.25, 0.3) is 0 Å². The molecule has 1 atom stereocenters. The summed E-state index contributed by atoms with van der Waals surface area (Å²) < 4.78 is 0. The van der Waals surface area contributed by atoms with E-state index < -0.39 is 0 Å². The molecule has 1 aromatic carbocycles. The number of rotatable bonds is 3. The molecule has 1 N–H and O–H groups in total. The van der Waals surface area contributed by atoms with Crippen LogP contribution < -0.4 is 5.32 Å². The third-order valence-electron chi connectivity index (χ3n) is 3.06. The molecule has 1 heterocycles. The lowest BCUT2D eigenvalue weighted by molar-refractivity contribution is 0.583. The molecule has 0 fully saturated rings. The normalized spacial score (nSPS) is 20.2. The first-order chi connectivity index (χ1) is 7.40. The molecule has 82 valence electrons. The fourth-order valence-electron chi connectivity index (χ4n) is 2.25. The van der Waals surface area contributed by atoms with Gasteiger partial charge in [0, 0.05) is 17.6 Å². The minimum atomic E-state index is 0.618. The molecule has 0 radical (unpaired) electrons. The largest absolute Gasteiger partial charge is 0.382 e. The smallest absolute Gasteiger partial charge is 0.0374 e. The maximum atomic E-state index is 5.73. The van der Waals surface area contributed by atoms with Crippen molar-refractivity contribution in [3.63, 3.8) is 0 Å². The summed E-state index contributed by atoms with van der Waals surface area (Å²) in [6.45, 7) is 0. The second-order valence-electron chi connectivity index (χ2n) is 4.22. The van der Waals surface area contributed by atoms with Gasteiger partial charge in [0.2, 0.25) is 0 Å². The van der Waals surface area contributed by atoms with Gasteiger partial charge in [-0.2, -0.15) is 0 Å². The molecule has 0 amide bonds. The third-order valence-corrected chi connectivity index (χ3v) is 3.33. The average molecular weight is 224 g/mol. The fourth-order valence-corrected chi connectivity index (χ4v) is 2.40. The van der Waals surface area contributed by atoms with Crippen LogP contribution in [0.25, 0.3) is 0 Å². The lowest BCUT2D eigenvalue weighted by Crippen LogP contribution is -2.18. The molecule has 1 aliphatic heterocycles. The van der Waals surface area contributed by atoms with Crippen LogP contribution in [-0.4, -0.2) is 11.9 Å². The van der Waals surface area contributed by atoms with Gasteiger partial charge in [-0.1, -0.05) is 18.2 Å². The Balaban J connectivity index is 2.04. The number of fused-ring (bicyclic) bond motifs is 1. The highest BCUT2D eigenvalue weighted by Crippen LogP contribution is 2.25. The molecule has 0 spiro atoms. The molecular formula is C13H18ClN. The topological polar surface area (TPSA) is 12.0 Å². The molecule has 0 aromatic heterocycles. The summed E-state index contributed by atoms with van der Waals surface area (Å²) in [6, 6.07) is 9.27. The van der Waals surface area contributed by atoms with E-state index in [0.29, 0.717) is 6.04 Å². The van der Waals surface area contributed by atoms with Gasteiger partial charge in [-0.05, 0) is 43.7 Å². The van der Waals surface area contributed by atoms with Crippen LogP contribution in [0.3, 0.4) is 0 Å². The Kier molecular flexibility index (Phi) is 3.90. The van der Waals surface area contributed by atoms with Gasteiger partial charge in [0.15, 0.2) is 0 Å². The molecule has 1 nitrogen and oxygen atoms in total. The van der Waals surface area contributed by atoms with E-state index in [2.05, 4.69) is 29.6 Å². The first-order valence-corrected chi connectivity index (χ1v) is 6.34. The first-order valence-electron chi connectivity index (χ1n) is 5.80. The zero-order valence-electron chi connectivity index (χ0n) is 9.01. The molecular weight excluding hydrogens is 206 g/mol. The molecule has 2 heteroatoms. The Morgan fingerprint density at radius 1 is 1.33 bits per heavy atom. The van der Waals surface area contributed by atoms with Crippen molar-refractivity contribution in [1.82, 2.24) is 0 Å². The molecule has 15 heavy (non-hydrogen) atoms. The molecule has 0 aliphatic carbocycles. The molecule has 1 aromatic rings. The summed E-state index contributed by atoms with van der Waals surface area (Å²) >= 11 is 5.73. The highest BCUT2D eigenvalue weighted by atomic mass is 35.5. The Bertz CT molecular complexity index is 309. The van der Waals surface area contributed by atoms with Crippen LogP contribution in [0, 0.1) is 0 Å². The number of hydrogen-bond acceptors (Lipinski definition) is 1. The van der Waals surface area contributed by atoms with Crippen LogP contribution in [0.2, 0.25) is 0 Å². The van der Waals surface area contributed by atoms with Gasteiger partial charge in [-0.25, -0.2) is 0 Å². The Morgan fingerprint density at radius 2 is 2.20 bits per heavy atom. The Labute approximate surface area is 96.8 Å². The highest BCUT2D eigenvalue weighted by Gasteiger charge is 2.14. The maximum Gasteiger partial charge on any atom is 0.0374 e. The monoisotopic (exact) mass is 223 g/mol. The summed E-state index contributed by atoms with van der Waals surface area (Å²) in [5.41, 5.74) is 2.79.